The smallest absolute Gasteiger partial charge is 0.123 e. The van der Waals surface area contributed by atoms with Crippen molar-refractivity contribution in [3.8, 4) is 0 Å². The predicted molar refractivity (Wildman–Crippen MR) is 79.0 cm³/mol. The van der Waals surface area contributed by atoms with Gasteiger partial charge in [0.2, 0.25) is 0 Å². The van der Waals surface area contributed by atoms with Crippen molar-refractivity contribution in [2.45, 2.75) is 58.0 Å². The highest BCUT2D eigenvalue weighted by Crippen LogP contribution is 2.28. The second kappa shape index (κ2) is 6.38. The fourth-order valence-electron chi connectivity index (χ4n) is 2.98. The van der Waals surface area contributed by atoms with E-state index in [1.807, 2.05) is 13.0 Å². The standard InChI is InChI=1S/C16H25FN2/c1-12(18)10-14-11-15(17)7-8-16(14)19-9-5-3-4-6-13(19)2/h7-8,11-13H,3-6,9-10,18H2,1-2H3. The summed E-state index contributed by atoms with van der Waals surface area (Å²) in [5.74, 6) is -0.165. The maximum atomic E-state index is 13.5. The van der Waals surface area contributed by atoms with Gasteiger partial charge in [-0.05, 0) is 56.9 Å². The Morgan fingerprint density at radius 3 is 2.89 bits per heavy atom. The van der Waals surface area contributed by atoms with E-state index in [2.05, 4.69) is 11.8 Å². The van der Waals surface area contributed by atoms with E-state index in [4.69, 9.17) is 5.73 Å². The van der Waals surface area contributed by atoms with Crippen LogP contribution in [-0.2, 0) is 6.42 Å². The van der Waals surface area contributed by atoms with E-state index in [0.29, 0.717) is 6.04 Å². The molecule has 3 heteroatoms. The second-order valence-corrected chi connectivity index (χ2v) is 5.85. The van der Waals surface area contributed by atoms with Crippen molar-refractivity contribution in [3.63, 3.8) is 0 Å². The molecule has 0 aliphatic carbocycles. The van der Waals surface area contributed by atoms with Gasteiger partial charge in [-0.3, -0.25) is 0 Å². The summed E-state index contributed by atoms with van der Waals surface area (Å²) in [6, 6.07) is 5.73. The summed E-state index contributed by atoms with van der Waals surface area (Å²) >= 11 is 0. The Balaban J connectivity index is 2.30. The van der Waals surface area contributed by atoms with E-state index in [1.165, 1.54) is 31.4 Å². The van der Waals surface area contributed by atoms with E-state index in [9.17, 15) is 4.39 Å². The molecule has 1 aromatic carbocycles. The van der Waals surface area contributed by atoms with Gasteiger partial charge in [0.1, 0.15) is 5.82 Å². The molecule has 2 unspecified atom stereocenters. The summed E-state index contributed by atoms with van der Waals surface area (Å²) in [5.41, 5.74) is 8.12. The summed E-state index contributed by atoms with van der Waals surface area (Å²) < 4.78 is 13.5. The second-order valence-electron chi connectivity index (χ2n) is 5.85. The van der Waals surface area contributed by atoms with Gasteiger partial charge in [0.15, 0.2) is 0 Å². The summed E-state index contributed by atoms with van der Waals surface area (Å²) in [4.78, 5) is 2.43. The van der Waals surface area contributed by atoms with Crippen LogP contribution < -0.4 is 10.6 Å². The van der Waals surface area contributed by atoms with Gasteiger partial charge in [-0.1, -0.05) is 12.8 Å². The minimum atomic E-state index is -0.165. The van der Waals surface area contributed by atoms with Crippen molar-refractivity contribution >= 4 is 5.69 Å². The van der Waals surface area contributed by atoms with Gasteiger partial charge in [0.05, 0.1) is 0 Å². The molecule has 19 heavy (non-hydrogen) atoms. The van der Waals surface area contributed by atoms with Gasteiger partial charge >= 0.3 is 0 Å². The van der Waals surface area contributed by atoms with Gasteiger partial charge in [-0.15, -0.1) is 0 Å². The highest BCUT2D eigenvalue weighted by Gasteiger charge is 2.20. The summed E-state index contributed by atoms with van der Waals surface area (Å²) in [6.07, 6.45) is 5.76. The Morgan fingerprint density at radius 1 is 1.37 bits per heavy atom. The van der Waals surface area contributed by atoms with Crippen LogP contribution in [0.5, 0.6) is 0 Å². The normalized spacial score (nSPS) is 22.1. The zero-order valence-electron chi connectivity index (χ0n) is 12.0. The van der Waals surface area contributed by atoms with Crippen molar-refractivity contribution < 1.29 is 4.39 Å². The zero-order chi connectivity index (χ0) is 13.8. The SMILES string of the molecule is CC(N)Cc1cc(F)ccc1N1CCCCCC1C. The summed E-state index contributed by atoms with van der Waals surface area (Å²) in [5, 5.41) is 0. The molecule has 106 valence electrons. The third kappa shape index (κ3) is 3.69. The van der Waals surface area contributed by atoms with Crippen molar-refractivity contribution in [2.75, 3.05) is 11.4 Å². The molecule has 0 aromatic heterocycles. The van der Waals surface area contributed by atoms with Crippen LogP contribution in [0.3, 0.4) is 0 Å². The number of rotatable bonds is 3. The van der Waals surface area contributed by atoms with Gasteiger partial charge in [0.25, 0.3) is 0 Å². The average molecular weight is 264 g/mol. The van der Waals surface area contributed by atoms with Crippen molar-refractivity contribution in [3.05, 3.63) is 29.6 Å². The predicted octanol–water partition coefficient (Wildman–Crippen LogP) is 3.48. The number of benzene rings is 1. The van der Waals surface area contributed by atoms with Gasteiger partial charge in [-0.2, -0.15) is 0 Å². The van der Waals surface area contributed by atoms with Crippen LogP contribution in [0.15, 0.2) is 18.2 Å². The molecule has 0 radical (unpaired) electrons. The van der Waals surface area contributed by atoms with Crippen LogP contribution in [0.1, 0.15) is 45.1 Å². The molecule has 0 bridgehead atoms. The number of hydrogen-bond donors (Lipinski definition) is 1. The molecule has 2 nitrogen and oxygen atoms in total. The molecule has 2 rings (SSSR count). The molecular formula is C16H25FN2. The van der Waals surface area contributed by atoms with E-state index >= 15 is 0 Å². The molecule has 0 spiro atoms. The lowest BCUT2D eigenvalue weighted by Crippen LogP contribution is -2.33. The maximum absolute atomic E-state index is 13.5. The molecule has 1 aliphatic heterocycles. The fraction of sp³-hybridized carbons (Fsp3) is 0.625. The average Bonchev–Trinajstić information content (AvgIpc) is 2.54. The molecule has 0 saturated carbocycles. The Labute approximate surface area is 115 Å². The van der Waals surface area contributed by atoms with Crippen LogP contribution in [0, 0.1) is 5.82 Å². The molecule has 1 heterocycles. The van der Waals surface area contributed by atoms with Crippen LogP contribution in [-0.4, -0.2) is 18.6 Å². The quantitative estimate of drug-likeness (QED) is 0.905. The number of hydrogen-bond acceptors (Lipinski definition) is 2. The zero-order valence-corrected chi connectivity index (χ0v) is 12.0. The Kier molecular flexibility index (Phi) is 4.81. The number of anilines is 1. The molecular weight excluding hydrogens is 239 g/mol. The largest absolute Gasteiger partial charge is 0.369 e. The van der Waals surface area contributed by atoms with Gasteiger partial charge in [0, 0.05) is 24.3 Å². The first-order valence-electron chi connectivity index (χ1n) is 7.38. The molecule has 1 aliphatic rings. The third-order valence-electron chi connectivity index (χ3n) is 3.95. The fourth-order valence-corrected chi connectivity index (χ4v) is 2.98. The molecule has 1 aromatic rings. The first-order valence-corrected chi connectivity index (χ1v) is 7.38. The lowest BCUT2D eigenvalue weighted by atomic mass is 10.0. The molecule has 2 N–H and O–H groups in total. The number of nitrogens with zero attached hydrogens (tertiary/aromatic N) is 1. The summed E-state index contributed by atoms with van der Waals surface area (Å²) in [7, 11) is 0. The number of nitrogens with two attached hydrogens (primary N) is 1. The van der Waals surface area contributed by atoms with Crippen molar-refractivity contribution in [1.82, 2.24) is 0 Å². The Bertz CT molecular complexity index is 417. The van der Waals surface area contributed by atoms with E-state index in [-0.39, 0.29) is 11.9 Å². The topological polar surface area (TPSA) is 29.3 Å². The number of halogens is 1. The van der Waals surface area contributed by atoms with Gasteiger partial charge in [-0.25, -0.2) is 4.39 Å². The monoisotopic (exact) mass is 264 g/mol. The van der Waals surface area contributed by atoms with Crippen molar-refractivity contribution in [1.29, 1.82) is 0 Å². The molecule has 0 amide bonds. The minimum Gasteiger partial charge on any atom is -0.369 e. The van der Waals surface area contributed by atoms with E-state index < -0.39 is 0 Å². The minimum absolute atomic E-state index is 0.0582. The van der Waals surface area contributed by atoms with Crippen LogP contribution >= 0.6 is 0 Å². The highest BCUT2D eigenvalue weighted by molar-refractivity contribution is 5.55. The first-order chi connectivity index (χ1) is 9.08. The highest BCUT2D eigenvalue weighted by atomic mass is 19.1. The van der Waals surface area contributed by atoms with E-state index in [1.54, 1.807) is 12.1 Å². The third-order valence-corrected chi connectivity index (χ3v) is 3.95. The Morgan fingerprint density at radius 2 is 2.16 bits per heavy atom. The maximum Gasteiger partial charge on any atom is 0.123 e. The van der Waals surface area contributed by atoms with E-state index in [0.717, 1.165) is 18.5 Å². The lowest BCUT2D eigenvalue weighted by Gasteiger charge is -2.31. The molecule has 1 saturated heterocycles. The van der Waals surface area contributed by atoms with Crippen LogP contribution in [0.25, 0.3) is 0 Å². The lowest BCUT2D eigenvalue weighted by molar-refractivity contribution is 0.604. The van der Waals surface area contributed by atoms with Crippen LogP contribution in [0.2, 0.25) is 0 Å². The molecule has 1 fully saturated rings. The van der Waals surface area contributed by atoms with Crippen LogP contribution in [0.4, 0.5) is 10.1 Å². The van der Waals surface area contributed by atoms with Gasteiger partial charge < -0.3 is 10.6 Å². The summed E-state index contributed by atoms with van der Waals surface area (Å²) in [6.45, 7) is 5.31. The van der Waals surface area contributed by atoms with Crippen molar-refractivity contribution in [2.24, 2.45) is 5.73 Å². The Hall–Kier alpha value is -1.09. The molecule has 2 atom stereocenters. The first kappa shape index (κ1) is 14.3.